The zero-order valence-corrected chi connectivity index (χ0v) is 13.4. The van der Waals surface area contributed by atoms with E-state index in [1.807, 2.05) is 12.1 Å². The standard InChI is InChI=1S/C16H28N2O2/c1-6-10-18(3)12-15(17-7-2)14-11-13(19-4)8-9-16(14)20-5/h8-9,11,15,17H,6-7,10,12H2,1-5H3. The average Bonchev–Trinajstić information content (AvgIpc) is 2.46. The predicted octanol–water partition coefficient (Wildman–Crippen LogP) is 2.70. The van der Waals surface area contributed by atoms with E-state index in [-0.39, 0.29) is 6.04 Å². The topological polar surface area (TPSA) is 33.7 Å². The Kier molecular flexibility index (Phi) is 7.41. The Morgan fingerprint density at radius 3 is 2.50 bits per heavy atom. The fourth-order valence-corrected chi connectivity index (χ4v) is 2.42. The van der Waals surface area contributed by atoms with Crippen molar-refractivity contribution in [1.29, 1.82) is 0 Å². The van der Waals surface area contributed by atoms with Crippen molar-refractivity contribution < 1.29 is 9.47 Å². The van der Waals surface area contributed by atoms with E-state index in [4.69, 9.17) is 9.47 Å². The fraction of sp³-hybridized carbons (Fsp3) is 0.625. The van der Waals surface area contributed by atoms with E-state index in [2.05, 4.69) is 37.2 Å². The molecule has 1 aromatic carbocycles. The van der Waals surface area contributed by atoms with Gasteiger partial charge in [0.05, 0.1) is 14.2 Å². The van der Waals surface area contributed by atoms with Crippen molar-refractivity contribution in [3.63, 3.8) is 0 Å². The molecule has 0 saturated carbocycles. The summed E-state index contributed by atoms with van der Waals surface area (Å²) in [6.45, 7) is 7.29. The van der Waals surface area contributed by atoms with Crippen LogP contribution in [0.25, 0.3) is 0 Å². The van der Waals surface area contributed by atoms with Gasteiger partial charge in [-0.2, -0.15) is 0 Å². The molecule has 20 heavy (non-hydrogen) atoms. The molecule has 4 nitrogen and oxygen atoms in total. The van der Waals surface area contributed by atoms with Crippen molar-refractivity contribution in [3.8, 4) is 11.5 Å². The van der Waals surface area contributed by atoms with E-state index >= 15 is 0 Å². The van der Waals surface area contributed by atoms with Gasteiger partial charge in [-0.1, -0.05) is 13.8 Å². The van der Waals surface area contributed by atoms with E-state index in [0.29, 0.717) is 0 Å². The van der Waals surface area contributed by atoms with E-state index in [0.717, 1.165) is 43.1 Å². The Balaban J connectivity index is 2.99. The van der Waals surface area contributed by atoms with E-state index in [9.17, 15) is 0 Å². The largest absolute Gasteiger partial charge is 0.497 e. The quantitative estimate of drug-likeness (QED) is 0.754. The van der Waals surface area contributed by atoms with Gasteiger partial charge < -0.3 is 19.7 Å². The van der Waals surface area contributed by atoms with E-state index in [1.165, 1.54) is 0 Å². The lowest BCUT2D eigenvalue weighted by atomic mass is 10.0. The third kappa shape index (κ3) is 4.69. The highest BCUT2D eigenvalue weighted by Gasteiger charge is 2.18. The van der Waals surface area contributed by atoms with Crippen LogP contribution >= 0.6 is 0 Å². The first kappa shape index (κ1) is 16.8. The van der Waals surface area contributed by atoms with Crippen LogP contribution in [0.4, 0.5) is 0 Å². The maximum Gasteiger partial charge on any atom is 0.123 e. The van der Waals surface area contributed by atoms with Crippen molar-refractivity contribution >= 4 is 0 Å². The molecule has 4 heteroatoms. The number of nitrogens with one attached hydrogen (secondary N) is 1. The van der Waals surface area contributed by atoms with Crippen LogP contribution in [0.2, 0.25) is 0 Å². The van der Waals surface area contributed by atoms with Crippen LogP contribution in [0.1, 0.15) is 31.9 Å². The zero-order chi connectivity index (χ0) is 15.0. The molecule has 1 aromatic rings. The molecule has 0 heterocycles. The van der Waals surface area contributed by atoms with Crippen LogP contribution in [0.3, 0.4) is 0 Å². The summed E-state index contributed by atoms with van der Waals surface area (Å²) in [5.41, 5.74) is 1.15. The Hall–Kier alpha value is -1.26. The summed E-state index contributed by atoms with van der Waals surface area (Å²) in [5.74, 6) is 1.77. The highest BCUT2D eigenvalue weighted by Crippen LogP contribution is 2.29. The first-order valence-corrected chi connectivity index (χ1v) is 7.30. The highest BCUT2D eigenvalue weighted by atomic mass is 16.5. The van der Waals surface area contributed by atoms with Gasteiger partial charge in [-0.25, -0.2) is 0 Å². The molecule has 0 saturated heterocycles. The smallest absolute Gasteiger partial charge is 0.123 e. The molecule has 114 valence electrons. The summed E-state index contributed by atoms with van der Waals surface area (Å²) in [6.07, 6.45) is 1.16. The Bertz CT molecular complexity index is 396. The third-order valence-corrected chi connectivity index (χ3v) is 3.36. The molecule has 0 aliphatic heterocycles. The molecule has 0 aliphatic carbocycles. The first-order valence-electron chi connectivity index (χ1n) is 7.30. The minimum absolute atomic E-state index is 0.238. The molecule has 1 rings (SSSR count). The zero-order valence-electron chi connectivity index (χ0n) is 13.4. The lowest BCUT2D eigenvalue weighted by Crippen LogP contribution is -2.33. The van der Waals surface area contributed by atoms with Gasteiger partial charge in [-0.3, -0.25) is 0 Å². The molecule has 0 aliphatic rings. The van der Waals surface area contributed by atoms with Crippen LogP contribution in [-0.2, 0) is 0 Å². The second-order valence-electron chi connectivity index (χ2n) is 4.98. The minimum Gasteiger partial charge on any atom is -0.497 e. The van der Waals surface area contributed by atoms with E-state index < -0.39 is 0 Å². The van der Waals surface area contributed by atoms with Gasteiger partial charge in [-0.15, -0.1) is 0 Å². The second-order valence-corrected chi connectivity index (χ2v) is 4.98. The van der Waals surface area contributed by atoms with Crippen LogP contribution in [-0.4, -0.2) is 45.8 Å². The summed E-state index contributed by atoms with van der Waals surface area (Å²) in [4.78, 5) is 2.34. The van der Waals surface area contributed by atoms with Gasteiger partial charge in [-0.05, 0) is 44.8 Å². The van der Waals surface area contributed by atoms with Gasteiger partial charge in [0.2, 0.25) is 0 Å². The average molecular weight is 280 g/mol. The SMILES string of the molecule is CCCN(C)CC(NCC)c1cc(OC)ccc1OC. The van der Waals surface area contributed by atoms with Crippen molar-refractivity contribution in [2.45, 2.75) is 26.3 Å². The number of ether oxygens (including phenoxy) is 2. The molecule has 0 aromatic heterocycles. The Morgan fingerprint density at radius 1 is 1.20 bits per heavy atom. The first-order chi connectivity index (χ1) is 9.65. The van der Waals surface area contributed by atoms with Crippen LogP contribution in [0.5, 0.6) is 11.5 Å². The Labute approximate surface area is 123 Å². The summed E-state index contributed by atoms with van der Waals surface area (Å²) < 4.78 is 10.8. The number of rotatable bonds is 9. The van der Waals surface area contributed by atoms with Crippen molar-refractivity contribution in [1.82, 2.24) is 10.2 Å². The molecule has 0 spiro atoms. The summed E-state index contributed by atoms with van der Waals surface area (Å²) in [6, 6.07) is 6.20. The molecule has 0 amide bonds. The molecule has 1 unspecified atom stereocenters. The predicted molar refractivity (Wildman–Crippen MR) is 83.8 cm³/mol. The van der Waals surface area contributed by atoms with Gasteiger partial charge >= 0.3 is 0 Å². The minimum atomic E-state index is 0.238. The monoisotopic (exact) mass is 280 g/mol. The van der Waals surface area contributed by atoms with Gasteiger partial charge in [0.15, 0.2) is 0 Å². The van der Waals surface area contributed by atoms with Gasteiger partial charge in [0.25, 0.3) is 0 Å². The van der Waals surface area contributed by atoms with Crippen molar-refractivity contribution in [2.75, 3.05) is 40.9 Å². The molecule has 0 bridgehead atoms. The maximum atomic E-state index is 5.50. The number of likely N-dealkylation sites (N-methyl/N-ethyl adjacent to an activating group) is 2. The number of methoxy groups -OCH3 is 2. The number of hydrogen-bond acceptors (Lipinski definition) is 4. The second kappa shape index (κ2) is 8.82. The molecule has 1 N–H and O–H groups in total. The molecule has 0 fully saturated rings. The molecule has 1 atom stereocenters. The molecular weight excluding hydrogens is 252 g/mol. The maximum absolute atomic E-state index is 5.50. The number of benzene rings is 1. The molecular formula is C16H28N2O2. The van der Waals surface area contributed by atoms with E-state index in [1.54, 1.807) is 14.2 Å². The van der Waals surface area contributed by atoms with Crippen molar-refractivity contribution in [3.05, 3.63) is 23.8 Å². The number of hydrogen-bond donors (Lipinski definition) is 1. The fourth-order valence-electron chi connectivity index (χ4n) is 2.42. The summed E-state index contributed by atoms with van der Waals surface area (Å²) in [5, 5.41) is 3.54. The Morgan fingerprint density at radius 2 is 1.95 bits per heavy atom. The number of nitrogens with zero attached hydrogens (tertiary/aromatic N) is 1. The highest BCUT2D eigenvalue weighted by molar-refractivity contribution is 5.42. The third-order valence-electron chi connectivity index (χ3n) is 3.36. The lowest BCUT2D eigenvalue weighted by molar-refractivity contribution is 0.287. The molecule has 0 radical (unpaired) electrons. The van der Waals surface area contributed by atoms with Gasteiger partial charge in [0.1, 0.15) is 11.5 Å². The van der Waals surface area contributed by atoms with Crippen LogP contribution in [0, 0.1) is 0 Å². The van der Waals surface area contributed by atoms with Crippen molar-refractivity contribution in [2.24, 2.45) is 0 Å². The van der Waals surface area contributed by atoms with Crippen LogP contribution < -0.4 is 14.8 Å². The van der Waals surface area contributed by atoms with Crippen LogP contribution in [0.15, 0.2) is 18.2 Å². The summed E-state index contributed by atoms with van der Waals surface area (Å²) >= 11 is 0. The summed E-state index contributed by atoms with van der Waals surface area (Å²) in [7, 11) is 5.56. The van der Waals surface area contributed by atoms with Gasteiger partial charge in [0, 0.05) is 18.2 Å². The normalized spacial score (nSPS) is 12.5. The lowest BCUT2D eigenvalue weighted by Gasteiger charge is -2.26.